The summed E-state index contributed by atoms with van der Waals surface area (Å²) < 4.78 is 0. The molecule has 2 N–H and O–H groups in total. The van der Waals surface area contributed by atoms with Crippen LogP contribution in [0, 0.1) is 11.3 Å². The highest BCUT2D eigenvalue weighted by molar-refractivity contribution is 7.80. The molecule has 0 saturated carbocycles. The Hall–Kier alpha value is -0.880. The van der Waals surface area contributed by atoms with Crippen molar-refractivity contribution in [2.75, 3.05) is 0 Å². The zero-order valence-electron chi connectivity index (χ0n) is 4.51. The van der Waals surface area contributed by atoms with E-state index in [2.05, 4.69) is 12.2 Å². The molecule has 0 radical (unpaired) electrons. The monoisotopic (exact) mass is 126 g/mol. The van der Waals surface area contributed by atoms with Crippen molar-refractivity contribution in [3.63, 3.8) is 0 Å². The van der Waals surface area contributed by atoms with E-state index in [4.69, 9.17) is 11.0 Å². The largest absolute Gasteiger partial charge is 0.389 e. The van der Waals surface area contributed by atoms with Crippen LogP contribution in [0.2, 0.25) is 0 Å². The molecule has 2 nitrogen and oxygen atoms in total. The van der Waals surface area contributed by atoms with Gasteiger partial charge in [-0.3, -0.25) is 0 Å². The Morgan fingerprint density at radius 3 is 2.38 bits per heavy atom. The number of hydrogen-bond acceptors (Lipinski definition) is 2. The quantitative estimate of drug-likeness (QED) is 0.320. The van der Waals surface area contributed by atoms with Crippen molar-refractivity contribution < 1.29 is 0 Å². The molecule has 8 heavy (non-hydrogen) atoms. The van der Waals surface area contributed by atoms with Crippen molar-refractivity contribution in [3.8, 4) is 6.07 Å². The van der Waals surface area contributed by atoms with Crippen molar-refractivity contribution in [2.24, 2.45) is 5.73 Å². The van der Waals surface area contributed by atoms with E-state index in [1.807, 2.05) is 6.07 Å². The molecule has 3 heteroatoms. The second-order valence-electron chi connectivity index (χ2n) is 1.18. The average Bonchev–Trinajstić information content (AvgIpc) is 1.69. The lowest BCUT2D eigenvalue weighted by Crippen LogP contribution is -2.09. The van der Waals surface area contributed by atoms with Crippen LogP contribution in [0.4, 0.5) is 0 Å². The third-order valence-electron chi connectivity index (χ3n) is 0.675. The van der Waals surface area contributed by atoms with Crippen molar-refractivity contribution in [3.05, 3.63) is 11.6 Å². The van der Waals surface area contributed by atoms with Gasteiger partial charge in [-0.2, -0.15) is 5.26 Å². The highest BCUT2D eigenvalue weighted by atomic mass is 32.1. The molecule has 42 valence electrons. The predicted molar refractivity (Wildman–Crippen MR) is 36.2 cm³/mol. The van der Waals surface area contributed by atoms with Crippen LogP contribution < -0.4 is 5.73 Å². The van der Waals surface area contributed by atoms with E-state index < -0.39 is 0 Å². The minimum Gasteiger partial charge on any atom is -0.389 e. The zero-order chi connectivity index (χ0) is 6.57. The molecule has 0 aromatic heterocycles. The summed E-state index contributed by atoms with van der Waals surface area (Å²) in [7, 11) is 0. The fraction of sp³-hybridized carbons (Fsp3) is 0.200. The van der Waals surface area contributed by atoms with Crippen molar-refractivity contribution in [1.82, 2.24) is 0 Å². The zero-order valence-corrected chi connectivity index (χ0v) is 5.33. The van der Waals surface area contributed by atoms with Crippen molar-refractivity contribution in [1.29, 1.82) is 5.26 Å². The van der Waals surface area contributed by atoms with Gasteiger partial charge < -0.3 is 5.73 Å². The maximum atomic E-state index is 8.21. The second kappa shape index (κ2) is 3.16. The van der Waals surface area contributed by atoms with E-state index in [1.165, 1.54) is 0 Å². The molecule has 0 aliphatic heterocycles. The molecule has 0 bridgehead atoms. The van der Waals surface area contributed by atoms with E-state index in [0.717, 1.165) is 0 Å². The predicted octanol–water partition coefficient (Wildman–Crippen LogP) is 0.742. The summed E-state index contributed by atoms with van der Waals surface area (Å²) in [5.41, 5.74) is 5.47. The van der Waals surface area contributed by atoms with Crippen LogP contribution in [0.1, 0.15) is 6.92 Å². The van der Waals surface area contributed by atoms with Crippen LogP contribution >= 0.6 is 12.2 Å². The molecule has 0 aliphatic rings. The van der Waals surface area contributed by atoms with Crippen LogP contribution in [0.15, 0.2) is 11.6 Å². The van der Waals surface area contributed by atoms with Gasteiger partial charge in [0.1, 0.15) is 11.1 Å². The molecular formula is C5H6N2S. The molecule has 0 aromatic rings. The Morgan fingerprint density at radius 2 is 2.38 bits per heavy atom. The maximum Gasteiger partial charge on any atom is 0.114 e. The smallest absolute Gasteiger partial charge is 0.114 e. The molecule has 0 rings (SSSR count). The summed E-state index contributed by atoms with van der Waals surface area (Å²) in [5.74, 6) is 0. The van der Waals surface area contributed by atoms with Gasteiger partial charge in [-0.15, -0.1) is 0 Å². The van der Waals surface area contributed by atoms with Gasteiger partial charge in [0.25, 0.3) is 0 Å². The Kier molecular flexibility index (Phi) is 2.82. The number of nitrogens with two attached hydrogens (primary N) is 1. The third-order valence-corrected chi connectivity index (χ3v) is 0.894. The highest BCUT2D eigenvalue weighted by Gasteiger charge is 1.92. The molecule has 0 fully saturated rings. The molecular weight excluding hydrogens is 120 g/mol. The van der Waals surface area contributed by atoms with Gasteiger partial charge in [-0.25, -0.2) is 0 Å². The van der Waals surface area contributed by atoms with Gasteiger partial charge >= 0.3 is 0 Å². The number of nitriles is 1. The van der Waals surface area contributed by atoms with Crippen LogP contribution in [0.25, 0.3) is 0 Å². The molecule has 0 aromatic carbocycles. The van der Waals surface area contributed by atoms with E-state index in [9.17, 15) is 0 Å². The summed E-state index contributed by atoms with van der Waals surface area (Å²) in [6, 6.07) is 1.85. The normalized spacial score (nSPS) is 10.2. The first-order valence-corrected chi connectivity index (χ1v) is 2.49. The second-order valence-corrected chi connectivity index (χ2v) is 1.62. The number of rotatable bonds is 1. The maximum absolute atomic E-state index is 8.21. The first-order chi connectivity index (χ1) is 3.72. The fourth-order valence-electron chi connectivity index (χ4n) is 0.262. The molecule has 0 heterocycles. The van der Waals surface area contributed by atoms with Gasteiger partial charge in [0, 0.05) is 0 Å². The van der Waals surface area contributed by atoms with Gasteiger partial charge in [0.2, 0.25) is 0 Å². The highest BCUT2D eigenvalue weighted by Crippen LogP contribution is 1.89. The Balaban J connectivity index is 4.20. The molecule has 0 atom stereocenters. The lowest BCUT2D eigenvalue weighted by atomic mass is 10.3. The van der Waals surface area contributed by atoms with Crippen LogP contribution in [-0.4, -0.2) is 4.99 Å². The number of hydrogen-bond donors (Lipinski definition) is 1. The van der Waals surface area contributed by atoms with E-state index in [1.54, 1.807) is 13.0 Å². The first-order valence-electron chi connectivity index (χ1n) is 2.08. The summed E-state index contributed by atoms with van der Waals surface area (Å²) >= 11 is 4.50. The molecule has 0 unspecified atom stereocenters. The number of nitrogens with zero attached hydrogens (tertiary/aromatic N) is 1. The van der Waals surface area contributed by atoms with Gasteiger partial charge in [0.15, 0.2) is 0 Å². The van der Waals surface area contributed by atoms with Crippen LogP contribution in [-0.2, 0) is 0 Å². The molecule has 0 amide bonds. The summed E-state index contributed by atoms with van der Waals surface area (Å²) in [5, 5.41) is 8.21. The minimum absolute atomic E-state index is 0.162. The summed E-state index contributed by atoms with van der Waals surface area (Å²) in [4.78, 5) is 0.162. The van der Waals surface area contributed by atoms with Gasteiger partial charge in [0.05, 0.1) is 5.57 Å². The average molecular weight is 126 g/mol. The first kappa shape index (κ1) is 7.12. The topological polar surface area (TPSA) is 49.8 Å². The Labute approximate surface area is 53.6 Å². The molecule has 0 spiro atoms. The van der Waals surface area contributed by atoms with Crippen molar-refractivity contribution >= 4 is 17.2 Å². The molecule has 0 saturated heterocycles. The lowest BCUT2D eigenvalue weighted by Gasteiger charge is -1.86. The van der Waals surface area contributed by atoms with Gasteiger partial charge in [-0.1, -0.05) is 18.3 Å². The van der Waals surface area contributed by atoms with Crippen molar-refractivity contribution in [2.45, 2.75) is 6.92 Å². The SMILES string of the molecule is C/C=C(\C#N)C(N)=S. The lowest BCUT2D eigenvalue weighted by molar-refractivity contribution is 1.50. The third kappa shape index (κ3) is 1.71. The number of allylic oxidation sites excluding steroid dienone is 1. The van der Waals surface area contributed by atoms with E-state index in [0.29, 0.717) is 5.57 Å². The Bertz CT molecular complexity index is 164. The molecule has 0 aliphatic carbocycles. The summed E-state index contributed by atoms with van der Waals surface area (Å²) in [6.45, 7) is 1.72. The minimum atomic E-state index is 0.162. The van der Waals surface area contributed by atoms with Crippen LogP contribution in [0.5, 0.6) is 0 Å². The van der Waals surface area contributed by atoms with Gasteiger partial charge in [-0.05, 0) is 6.92 Å². The van der Waals surface area contributed by atoms with E-state index >= 15 is 0 Å². The van der Waals surface area contributed by atoms with Crippen LogP contribution in [0.3, 0.4) is 0 Å². The Morgan fingerprint density at radius 1 is 1.88 bits per heavy atom. The summed E-state index contributed by atoms with van der Waals surface area (Å²) in [6.07, 6.45) is 1.59. The van der Waals surface area contributed by atoms with E-state index in [-0.39, 0.29) is 4.99 Å². The number of thiocarbonyl (C=S) groups is 1. The fourth-order valence-corrected chi connectivity index (χ4v) is 0.425. The standard InChI is InChI=1S/C5H6N2S/c1-2-4(3-6)5(7)8/h2H,1H3,(H2,7,8)/b4-2+.